The molecule has 0 fully saturated rings. The van der Waals surface area contributed by atoms with Crippen LogP contribution in [0.3, 0.4) is 0 Å². The molecule has 2 aromatic heterocycles. The maximum absolute atomic E-state index is 14.5. The first-order valence-electron chi connectivity index (χ1n) is 16.3. The fourth-order valence-electron chi connectivity index (χ4n) is 5.73. The number of fused-ring (bicyclic) bond motifs is 1. The quantitative estimate of drug-likeness (QED) is 0.143. The standard InChI is InChI=1S/C39H36N2O8S/c1-5-21-48-35-28(17-12-18-30(35)45-4)34-32(38(44)47-7-3)33(24-13-9-8-10-14-24)40-39-41(34)36(42)31(50-39)23-27-19-20-29(49-27)25-15-11-16-26(22-25)37(43)46-6-2/h8-20,22-23,34H,5-7,21H2,1-4H3/b31-23+/t34-/m0/s1. The minimum atomic E-state index is -0.956. The SMILES string of the molecule is CCCOc1c(OC)cccc1[C@H]1C(C(=O)OCC)=C(c2ccccc2)N=c2s/c(=C/c3ccc(-c4cccc(C(=O)OCC)c4)o3)c(=O)n21. The summed E-state index contributed by atoms with van der Waals surface area (Å²) in [5, 5.41) is 0. The number of benzene rings is 3. The van der Waals surface area contributed by atoms with E-state index in [9.17, 15) is 14.4 Å². The topological polar surface area (TPSA) is 119 Å². The average molecular weight is 693 g/mol. The van der Waals surface area contributed by atoms with Gasteiger partial charge in [-0.2, -0.15) is 0 Å². The van der Waals surface area contributed by atoms with Gasteiger partial charge in [-0.05, 0) is 50.6 Å². The zero-order valence-electron chi connectivity index (χ0n) is 28.1. The Balaban J connectivity index is 1.55. The Bertz CT molecular complexity index is 2250. The van der Waals surface area contributed by atoms with Gasteiger partial charge >= 0.3 is 11.9 Å². The lowest BCUT2D eigenvalue weighted by Gasteiger charge is -2.27. The summed E-state index contributed by atoms with van der Waals surface area (Å²) >= 11 is 1.18. The maximum atomic E-state index is 14.5. The molecule has 6 rings (SSSR count). The Labute approximate surface area is 292 Å². The van der Waals surface area contributed by atoms with E-state index in [4.69, 9.17) is 28.4 Å². The molecule has 11 heteroatoms. The van der Waals surface area contributed by atoms with E-state index in [1.807, 2.05) is 49.4 Å². The van der Waals surface area contributed by atoms with Crippen LogP contribution in [0.25, 0.3) is 23.1 Å². The summed E-state index contributed by atoms with van der Waals surface area (Å²) in [7, 11) is 1.55. The van der Waals surface area contributed by atoms with Gasteiger partial charge in [0.05, 0.1) is 48.3 Å². The van der Waals surface area contributed by atoms with Gasteiger partial charge in [0.25, 0.3) is 5.56 Å². The lowest BCUT2D eigenvalue weighted by molar-refractivity contribution is -0.138. The van der Waals surface area contributed by atoms with Crippen molar-refractivity contribution < 1.29 is 33.0 Å². The van der Waals surface area contributed by atoms with Crippen LogP contribution in [0.2, 0.25) is 0 Å². The minimum absolute atomic E-state index is 0.127. The molecule has 1 atom stereocenters. The highest BCUT2D eigenvalue weighted by molar-refractivity contribution is 7.07. The van der Waals surface area contributed by atoms with Crippen LogP contribution >= 0.6 is 11.3 Å². The fourth-order valence-corrected chi connectivity index (χ4v) is 6.71. The molecule has 0 saturated carbocycles. The average Bonchev–Trinajstić information content (AvgIpc) is 3.74. The molecule has 0 amide bonds. The molecule has 0 unspecified atom stereocenters. The summed E-state index contributed by atoms with van der Waals surface area (Å²) in [6.07, 6.45) is 2.38. The second-order valence-electron chi connectivity index (χ2n) is 11.2. The number of furan rings is 1. The van der Waals surface area contributed by atoms with Gasteiger partial charge in [0, 0.05) is 22.8 Å². The summed E-state index contributed by atoms with van der Waals surface area (Å²) in [5.74, 6) is 0.804. The molecule has 3 aromatic carbocycles. The van der Waals surface area contributed by atoms with Crippen molar-refractivity contribution in [2.45, 2.75) is 33.2 Å². The van der Waals surface area contributed by atoms with Gasteiger partial charge < -0.3 is 23.4 Å². The summed E-state index contributed by atoms with van der Waals surface area (Å²) in [5.41, 5.74) is 2.56. The van der Waals surface area contributed by atoms with Crippen molar-refractivity contribution in [3.05, 3.63) is 133 Å². The zero-order chi connectivity index (χ0) is 35.2. The number of nitrogens with zero attached hydrogens (tertiary/aromatic N) is 2. The highest BCUT2D eigenvalue weighted by Crippen LogP contribution is 2.42. The third-order valence-corrected chi connectivity index (χ3v) is 8.89. The van der Waals surface area contributed by atoms with Crippen LogP contribution in [0.15, 0.2) is 105 Å². The van der Waals surface area contributed by atoms with Crippen LogP contribution in [0, 0.1) is 0 Å². The van der Waals surface area contributed by atoms with E-state index in [-0.39, 0.29) is 24.3 Å². The summed E-state index contributed by atoms with van der Waals surface area (Å²) in [6, 6.07) is 24.3. The predicted octanol–water partition coefficient (Wildman–Crippen LogP) is 6.17. The van der Waals surface area contributed by atoms with Gasteiger partial charge in [-0.15, -0.1) is 0 Å². The number of methoxy groups -OCH3 is 1. The second kappa shape index (κ2) is 15.3. The number of carbonyl (C=O) groups is 2. The van der Waals surface area contributed by atoms with Gasteiger partial charge in [-0.25, -0.2) is 14.6 Å². The number of aromatic nitrogens is 1. The molecule has 5 aromatic rings. The number of hydrogen-bond acceptors (Lipinski definition) is 10. The monoisotopic (exact) mass is 692 g/mol. The van der Waals surface area contributed by atoms with Crippen molar-refractivity contribution >= 4 is 35.0 Å². The highest BCUT2D eigenvalue weighted by atomic mass is 32.1. The Kier molecular flexibility index (Phi) is 10.4. The lowest BCUT2D eigenvalue weighted by atomic mass is 9.92. The number of para-hydroxylation sites is 1. The molecule has 0 N–H and O–H groups in total. The second-order valence-corrected chi connectivity index (χ2v) is 12.2. The number of hydrogen-bond donors (Lipinski definition) is 0. The van der Waals surface area contributed by atoms with E-state index >= 15 is 0 Å². The number of esters is 2. The molecular weight excluding hydrogens is 657 g/mol. The minimum Gasteiger partial charge on any atom is -0.493 e. The Morgan fingerprint density at radius 1 is 0.900 bits per heavy atom. The van der Waals surface area contributed by atoms with Crippen LogP contribution in [0.1, 0.15) is 60.5 Å². The maximum Gasteiger partial charge on any atom is 0.338 e. The van der Waals surface area contributed by atoms with Crippen LogP contribution in [-0.4, -0.2) is 43.4 Å². The first kappa shape index (κ1) is 34.2. The summed E-state index contributed by atoms with van der Waals surface area (Å²) < 4.78 is 30.7. The molecule has 256 valence electrons. The van der Waals surface area contributed by atoms with Crippen molar-refractivity contribution in [1.29, 1.82) is 0 Å². The number of rotatable bonds is 12. The summed E-state index contributed by atoms with van der Waals surface area (Å²) in [6.45, 7) is 6.27. The van der Waals surface area contributed by atoms with E-state index in [1.165, 1.54) is 15.9 Å². The number of carbonyl (C=O) groups excluding carboxylic acids is 2. The predicted molar refractivity (Wildman–Crippen MR) is 190 cm³/mol. The molecular formula is C39H36N2O8S. The molecule has 0 saturated heterocycles. The van der Waals surface area contributed by atoms with Crippen LogP contribution < -0.4 is 24.4 Å². The van der Waals surface area contributed by atoms with Crippen molar-refractivity contribution in [1.82, 2.24) is 4.57 Å². The Morgan fingerprint density at radius 2 is 1.64 bits per heavy atom. The molecule has 0 radical (unpaired) electrons. The molecule has 0 spiro atoms. The van der Waals surface area contributed by atoms with Crippen molar-refractivity contribution in [2.24, 2.45) is 4.99 Å². The highest BCUT2D eigenvalue weighted by Gasteiger charge is 2.37. The molecule has 0 aliphatic carbocycles. The van der Waals surface area contributed by atoms with E-state index in [2.05, 4.69) is 0 Å². The first-order chi connectivity index (χ1) is 24.4. The molecule has 0 bridgehead atoms. The lowest BCUT2D eigenvalue weighted by Crippen LogP contribution is -2.40. The number of thiazole rings is 1. The Morgan fingerprint density at radius 3 is 2.38 bits per heavy atom. The smallest absolute Gasteiger partial charge is 0.338 e. The largest absolute Gasteiger partial charge is 0.493 e. The Hall–Kier alpha value is -5.68. The summed E-state index contributed by atoms with van der Waals surface area (Å²) in [4.78, 5) is 46.0. The van der Waals surface area contributed by atoms with Crippen LogP contribution in [0.4, 0.5) is 0 Å². The normalized spacial score (nSPS) is 14.2. The van der Waals surface area contributed by atoms with Gasteiger partial charge in [0.15, 0.2) is 16.3 Å². The van der Waals surface area contributed by atoms with Crippen LogP contribution in [0.5, 0.6) is 11.5 Å². The molecule has 50 heavy (non-hydrogen) atoms. The first-order valence-corrected chi connectivity index (χ1v) is 17.2. The van der Waals surface area contributed by atoms with Gasteiger partial charge in [0.2, 0.25) is 0 Å². The van der Waals surface area contributed by atoms with E-state index < -0.39 is 18.0 Å². The van der Waals surface area contributed by atoms with Gasteiger partial charge in [-0.3, -0.25) is 9.36 Å². The van der Waals surface area contributed by atoms with Gasteiger partial charge in [-0.1, -0.05) is 72.9 Å². The van der Waals surface area contributed by atoms with E-state index in [0.29, 0.717) is 66.9 Å². The molecule has 3 heterocycles. The third kappa shape index (κ3) is 6.77. The van der Waals surface area contributed by atoms with E-state index in [1.54, 1.807) is 69.5 Å². The number of ether oxygens (including phenoxy) is 4. The fraction of sp³-hybridized carbons (Fsp3) is 0.231. The van der Waals surface area contributed by atoms with Crippen molar-refractivity contribution in [3.8, 4) is 22.8 Å². The van der Waals surface area contributed by atoms with Crippen molar-refractivity contribution in [2.75, 3.05) is 26.9 Å². The van der Waals surface area contributed by atoms with Gasteiger partial charge in [0.1, 0.15) is 17.6 Å². The molecule has 10 nitrogen and oxygen atoms in total. The van der Waals surface area contributed by atoms with Crippen LogP contribution in [-0.2, 0) is 14.3 Å². The molecule has 1 aliphatic rings. The van der Waals surface area contributed by atoms with E-state index in [0.717, 1.165) is 6.42 Å². The zero-order valence-corrected chi connectivity index (χ0v) is 29.0. The molecule has 1 aliphatic heterocycles. The van der Waals surface area contributed by atoms with Crippen molar-refractivity contribution in [3.63, 3.8) is 0 Å². The third-order valence-electron chi connectivity index (χ3n) is 7.91.